The summed E-state index contributed by atoms with van der Waals surface area (Å²) >= 11 is 0. The monoisotopic (exact) mass is 449 g/mol. The number of methoxy groups -OCH3 is 2. The van der Waals surface area contributed by atoms with Gasteiger partial charge in [0.05, 0.1) is 25.8 Å². The molecule has 0 aliphatic carbocycles. The first kappa shape index (κ1) is 22.4. The van der Waals surface area contributed by atoms with E-state index in [1.54, 1.807) is 24.4 Å². The third kappa shape index (κ3) is 3.82. The number of Topliss-reactive ketones (excluding diaryl/α,β-unsaturated/α-hetero) is 1. The minimum Gasteiger partial charge on any atom is -0.507 e. The van der Waals surface area contributed by atoms with Gasteiger partial charge in [-0.15, -0.1) is 0 Å². The predicted molar refractivity (Wildman–Crippen MR) is 125 cm³/mol. The molecule has 0 unspecified atom stereocenters. The van der Waals surface area contributed by atoms with Gasteiger partial charge in [0.1, 0.15) is 5.76 Å². The standard InChI is InChI=1S/C25H27N3O5/c1-27(2)12-13-28-21(16-9-7-11-19(32-3)24(16)33-4)20(23(30)25(28)31)22(29)17-14-26-18-10-6-5-8-15(17)18/h5-11,14,21,26,29H,12-13H2,1-4H3/t21-/m0/s1. The van der Waals surface area contributed by atoms with Crippen molar-refractivity contribution in [2.45, 2.75) is 6.04 Å². The van der Waals surface area contributed by atoms with Gasteiger partial charge in [-0.3, -0.25) is 9.59 Å². The smallest absolute Gasteiger partial charge is 0.295 e. The number of ketones is 1. The van der Waals surface area contributed by atoms with Gasteiger partial charge in [-0.2, -0.15) is 0 Å². The van der Waals surface area contributed by atoms with E-state index in [0.717, 1.165) is 10.9 Å². The van der Waals surface area contributed by atoms with Gasteiger partial charge in [0.15, 0.2) is 11.5 Å². The number of nitrogens with one attached hydrogen (secondary N) is 1. The van der Waals surface area contributed by atoms with Crippen molar-refractivity contribution in [2.75, 3.05) is 41.4 Å². The zero-order chi connectivity index (χ0) is 23.7. The molecule has 0 saturated carbocycles. The molecule has 4 rings (SSSR count). The average molecular weight is 450 g/mol. The first-order chi connectivity index (χ1) is 15.9. The number of ether oxygens (including phenoxy) is 2. The van der Waals surface area contributed by atoms with Gasteiger partial charge in [0, 0.05) is 41.3 Å². The number of likely N-dealkylation sites (tertiary alicyclic amines) is 1. The van der Waals surface area contributed by atoms with Crippen molar-refractivity contribution in [3.8, 4) is 11.5 Å². The Morgan fingerprint density at radius 2 is 1.85 bits per heavy atom. The van der Waals surface area contributed by atoms with Crippen molar-refractivity contribution in [3.05, 3.63) is 65.4 Å². The van der Waals surface area contributed by atoms with E-state index in [1.807, 2.05) is 43.3 Å². The number of rotatable bonds is 7. The Labute approximate surface area is 192 Å². The van der Waals surface area contributed by atoms with Crippen LogP contribution in [-0.4, -0.2) is 73.0 Å². The van der Waals surface area contributed by atoms with E-state index in [2.05, 4.69) is 4.98 Å². The van der Waals surface area contributed by atoms with Crippen molar-refractivity contribution < 1.29 is 24.2 Å². The lowest BCUT2D eigenvalue weighted by molar-refractivity contribution is -0.140. The summed E-state index contributed by atoms with van der Waals surface area (Å²) in [5, 5.41) is 12.1. The molecule has 8 nitrogen and oxygen atoms in total. The number of hydrogen-bond acceptors (Lipinski definition) is 6. The van der Waals surface area contributed by atoms with Crippen LogP contribution in [0.3, 0.4) is 0 Å². The number of fused-ring (bicyclic) bond motifs is 1. The van der Waals surface area contributed by atoms with Crippen LogP contribution in [0.25, 0.3) is 16.7 Å². The van der Waals surface area contributed by atoms with E-state index < -0.39 is 17.7 Å². The number of carbonyl (C=O) groups excluding carboxylic acids is 2. The topological polar surface area (TPSA) is 95.1 Å². The number of carbonyl (C=O) groups is 2. The number of amides is 1. The number of aromatic nitrogens is 1. The first-order valence-electron chi connectivity index (χ1n) is 10.6. The molecule has 2 aromatic carbocycles. The zero-order valence-electron chi connectivity index (χ0n) is 19.1. The fourth-order valence-electron chi connectivity index (χ4n) is 4.28. The van der Waals surface area contributed by atoms with Crippen molar-refractivity contribution in [1.29, 1.82) is 0 Å². The highest BCUT2D eigenvalue weighted by atomic mass is 16.5. The molecule has 0 bridgehead atoms. The quantitative estimate of drug-likeness (QED) is 0.327. The number of aliphatic hydroxyl groups is 1. The summed E-state index contributed by atoms with van der Waals surface area (Å²) in [5.41, 5.74) is 1.87. The molecule has 1 amide bonds. The highest BCUT2D eigenvalue weighted by molar-refractivity contribution is 6.46. The molecular formula is C25H27N3O5. The SMILES string of the molecule is COc1cccc([C@H]2C(=C(O)c3c[nH]c4ccccc34)C(=O)C(=O)N2CCN(C)C)c1OC. The Morgan fingerprint density at radius 1 is 1.09 bits per heavy atom. The van der Waals surface area contributed by atoms with Crippen LogP contribution in [0.5, 0.6) is 11.5 Å². The van der Waals surface area contributed by atoms with Gasteiger partial charge in [0.2, 0.25) is 0 Å². The van der Waals surface area contributed by atoms with E-state index in [9.17, 15) is 14.7 Å². The van der Waals surface area contributed by atoms with Gasteiger partial charge in [-0.05, 0) is 26.2 Å². The molecular weight excluding hydrogens is 422 g/mol. The van der Waals surface area contributed by atoms with E-state index in [-0.39, 0.29) is 11.3 Å². The zero-order valence-corrected chi connectivity index (χ0v) is 19.1. The second kappa shape index (κ2) is 8.99. The molecule has 172 valence electrons. The van der Waals surface area contributed by atoms with Crippen LogP contribution >= 0.6 is 0 Å². The maximum Gasteiger partial charge on any atom is 0.295 e. The number of aliphatic hydroxyl groups excluding tert-OH is 1. The molecule has 1 saturated heterocycles. The van der Waals surface area contributed by atoms with Crippen LogP contribution < -0.4 is 9.47 Å². The number of H-pyrrole nitrogens is 1. The Balaban J connectivity index is 1.96. The third-order valence-corrected chi connectivity index (χ3v) is 5.90. The number of benzene rings is 2. The fraction of sp³-hybridized carbons (Fsp3) is 0.280. The molecule has 33 heavy (non-hydrogen) atoms. The minimum absolute atomic E-state index is 0.0232. The van der Waals surface area contributed by atoms with E-state index >= 15 is 0 Å². The molecule has 2 N–H and O–H groups in total. The molecule has 0 spiro atoms. The molecule has 8 heteroatoms. The van der Waals surface area contributed by atoms with Gasteiger partial charge in [-0.25, -0.2) is 0 Å². The number of para-hydroxylation sites is 2. The van der Waals surface area contributed by atoms with Crippen molar-refractivity contribution in [3.63, 3.8) is 0 Å². The van der Waals surface area contributed by atoms with Gasteiger partial charge in [-0.1, -0.05) is 30.3 Å². The molecule has 1 fully saturated rings. The average Bonchev–Trinajstić information content (AvgIpc) is 3.35. The van der Waals surface area contributed by atoms with Gasteiger partial charge >= 0.3 is 0 Å². The summed E-state index contributed by atoms with van der Waals surface area (Å²) in [5.74, 6) is -0.737. The lowest BCUT2D eigenvalue weighted by Crippen LogP contribution is -2.35. The Bertz CT molecular complexity index is 1240. The predicted octanol–water partition coefficient (Wildman–Crippen LogP) is 3.17. The van der Waals surface area contributed by atoms with Crippen molar-refractivity contribution in [1.82, 2.24) is 14.8 Å². The van der Waals surface area contributed by atoms with Crippen LogP contribution in [0, 0.1) is 0 Å². The summed E-state index contributed by atoms with van der Waals surface area (Å²) in [6.07, 6.45) is 1.65. The second-order valence-electron chi connectivity index (χ2n) is 8.13. The number of likely N-dealkylation sites (N-methyl/N-ethyl adjacent to an activating group) is 1. The summed E-state index contributed by atoms with van der Waals surface area (Å²) in [6, 6.07) is 11.9. The highest BCUT2D eigenvalue weighted by Gasteiger charge is 2.47. The first-order valence-corrected chi connectivity index (χ1v) is 10.6. The summed E-state index contributed by atoms with van der Waals surface area (Å²) in [7, 11) is 6.82. The van der Waals surface area contributed by atoms with Crippen LogP contribution in [-0.2, 0) is 9.59 Å². The van der Waals surface area contributed by atoms with Crippen molar-refractivity contribution in [2.24, 2.45) is 0 Å². The number of hydrogen-bond donors (Lipinski definition) is 2. The van der Waals surface area contributed by atoms with Crippen LogP contribution in [0.4, 0.5) is 0 Å². The Morgan fingerprint density at radius 3 is 2.55 bits per heavy atom. The molecule has 0 radical (unpaired) electrons. The molecule has 1 atom stereocenters. The molecule has 1 aromatic heterocycles. The van der Waals surface area contributed by atoms with Crippen molar-refractivity contribution >= 4 is 28.4 Å². The second-order valence-corrected chi connectivity index (χ2v) is 8.13. The normalized spacial score (nSPS) is 17.8. The maximum absolute atomic E-state index is 13.3. The molecule has 1 aliphatic rings. The number of nitrogens with zero attached hydrogens (tertiary/aromatic N) is 2. The van der Waals surface area contributed by atoms with E-state index in [0.29, 0.717) is 35.7 Å². The Kier molecular flexibility index (Phi) is 6.11. The molecule has 2 heterocycles. The van der Waals surface area contributed by atoms with Crippen LogP contribution in [0.15, 0.2) is 54.2 Å². The largest absolute Gasteiger partial charge is 0.507 e. The lowest BCUT2D eigenvalue weighted by Gasteiger charge is -2.28. The lowest BCUT2D eigenvalue weighted by atomic mass is 9.94. The fourth-order valence-corrected chi connectivity index (χ4v) is 4.28. The number of aromatic amines is 1. The van der Waals surface area contributed by atoms with Crippen LogP contribution in [0.2, 0.25) is 0 Å². The summed E-state index contributed by atoms with van der Waals surface area (Å²) < 4.78 is 11.1. The molecule has 3 aromatic rings. The van der Waals surface area contributed by atoms with E-state index in [4.69, 9.17) is 9.47 Å². The minimum atomic E-state index is -0.830. The van der Waals surface area contributed by atoms with E-state index in [1.165, 1.54) is 19.1 Å². The van der Waals surface area contributed by atoms with Crippen LogP contribution in [0.1, 0.15) is 17.2 Å². The van der Waals surface area contributed by atoms with Gasteiger partial charge < -0.3 is 29.4 Å². The summed E-state index contributed by atoms with van der Waals surface area (Å²) in [4.78, 5) is 32.9. The molecule has 1 aliphatic heterocycles. The Hall–Kier alpha value is -3.78. The highest BCUT2D eigenvalue weighted by Crippen LogP contribution is 2.45. The third-order valence-electron chi connectivity index (χ3n) is 5.90. The van der Waals surface area contributed by atoms with Gasteiger partial charge in [0.25, 0.3) is 11.7 Å². The maximum atomic E-state index is 13.3. The summed E-state index contributed by atoms with van der Waals surface area (Å²) in [6.45, 7) is 0.843.